The highest BCUT2D eigenvalue weighted by Crippen LogP contribution is 2.38. The number of nitrogens with zero attached hydrogens (tertiary/aromatic N) is 3. The van der Waals surface area contributed by atoms with Crippen LogP contribution in [0.3, 0.4) is 0 Å². The van der Waals surface area contributed by atoms with Crippen molar-refractivity contribution in [2.75, 3.05) is 43.4 Å². The molecule has 318 valence electrons. The number of hydrogen-bond acceptors (Lipinski definition) is 5. The van der Waals surface area contributed by atoms with E-state index in [-0.39, 0.29) is 48.1 Å². The molecule has 10 nitrogen and oxygen atoms in total. The third-order valence-corrected chi connectivity index (χ3v) is 13.0. The Morgan fingerprint density at radius 1 is 0.705 bits per heavy atom. The van der Waals surface area contributed by atoms with Gasteiger partial charge in [0, 0.05) is 41.1 Å². The Balaban J connectivity index is 0.901. The van der Waals surface area contributed by atoms with Gasteiger partial charge in [-0.1, -0.05) is 105 Å². The van der Waals surface area contributed by atoms with E-state index in [2.05, 4.69) is 38.7 Å². The summed E-state index contributed by atoms with van der Waals surface area (Å²) in [6, 6.07) is 34.7. The van der Waals surface area contributed by atoms with E-state index in [1.54, 1.807) is 9.80 Å². The van der Waals surface area contributed by atoms with Crippen molar-refractivity contribution in [1.82, 2.24) is 19.7 Å². The standard InChI is InChI=1S/C51H60N6O4/c1-2-29-56(50(60)47(37-16-7-3-8-17-37)38-18-9-4-10-19-38)35-46(58)52-41-25-23-36(24-26-41)44-34-40-33-42(27-28-43(40)54-44)53-49(59)45-22-15-32-57(45)51(61)48(39-20-11-5-12-21-39)55-30-13-6-14-31-55/h3,5,7-8,11-12,16-17,20-21,23-28,33-34,38,45,47-48,54H,2,4,6,9-10,13-15,18-19,22,29-32,35H2,1H3,(H,52,58)(H,53,59). The predicted molar refractivity (Wildman–Crippen MR) is 243 cm³/mol. The first-order valence-corrected chi connectivity index (χ1v) is 22.6. The molecule has 3 aliphatic rings. The lowest BCUT2D eigenvalue weighted by atomic mass is 9.76. The average molecular weight is 821 g/mol. The Kier molecular flexibility index (Phi) is 13.6. The summed E-state index contributed by atoms with van der Waals surface area (Å²) in [7, 11) is 0. The van der Waals surface area contributed by atoms with Gasteiger partial charge in [-0.05, 0) is 117 Å². The van der Waals surface area contributed by atoms with Crippen molar-refractivity contribution in [1.29, 1.82) is 0 Å². The number of nitrogens with one attached hydrogen (secondary N) is 3. The van der Waals surface area contributed by atoms with E-state index in [4.69, 9.17) is 0 Å². The molecule has 1 saturated carbocycles. The summed E-state index contributed by atoms with van der Waals surface area (Å²) in [6.45, 7) is 4.91. The quantitative estimate of drug-likeness (QED) is 0.103. The molecule has 2 aliphatic heterocycles. The average Bonchev–Trinajstić information content (AvgIpc) is 3.97. The number of benzene rings is 4. The number of carbonyl (C=O) groups is 4. The topological polar surface area (TPSA) is 118 Å². The number of anilines is 2. The van der Waals surface area contributed by atoms with Gasteiger partial charge in [-0.2, -0.15) is 0 Å². The molecule has 10 heteroatoms. The molecule has 1 aliphatic carbocycles. The maximum Gasteiger partial charge on any atom is 0.247 e. The minimum absolute atomic E-state index is 0.00721. The van der Waals surface area contributed by atoms with Gasteiger partial charge in [-0.3, -0.25) is 24.1 Å². The first-order chi connectivity index (χ1) is 29.9. The maximum atomic E-state index is 14.3. The largest absolute Gasteiger partial charge is 0.355 e. The molecule has 3 atom stereocenters. The number of carbonyl (C=O) groups excluding carboxylic acids is 4. The summed E-state index contributed by atoms with van der Waals surface area (Å²) in [5.74, 6) is -0.268. The normalized spacial score (nSPS) is 18.4. The molecule has 2 saturated heterocycles. The van der Waals surface area contributed by atoms with Crippen LogP contribution >= 0.6 is 0 Å². The van der Waals surface area contributed by atoms with Gasteiger partial charge in [-0.15, -0.1) is 0 Å². The third-order valence-electron chi connectivity index (χ3n) is 13.0. The third kappa shape index (κ3) is 9.91. The van der Waals surface area contributed by atoms with Crippen molar-refractivity contribution >= 4 is 45.9 Å². The molecule has 3 fully saturated rings. The Bertz CT molecular complexity index is 2260. The number of H-pyrrole nitrogens is 1. The van der Waals surface area contributed by atoms with E-state index in [1.165, 1.54) is 12.8 Å². The smallest absolute Gasteiger partial charge is 0.247 e. The number of likely N-dealkylation sites (tertiary alicyclic amines) is 2. The molecule has 4 aromatic carbocycles. The second kappa shape index (κ2) is 19.8. The number of aromatic amines is 1. The summed E-state index contributed by atoms with van der Waals surface area (Å²) in [4.78, 5) is 65.1. The van der Waals surface area contributed by atoms with Crippen molar-refractivity contribution < 1.29 is 19.2 Å². The van der Waals surface area contributed by atoms with Gasteiger partial charge >= 0.3 is 0 Å². The van der Waals surface area contributed by atoms with Crippen molar-refractivity contribution in [2.45, 2.75) is 95.6 Å². The highest BCUT2D eigenvalue weighted by atomic mass is 16.2. The van der Waals surface area contributed by atoms with Gasteiger partial charge in [0.1, 0.15) is 12.1 Å². The predicted octanol–water partition coefficient (Wildman–Crippen LogP) is 9.53. The van der Waals surface area contributed by atoms with Crippen LogP contribution in [0.2, 0.25) is 0 Å². The lowest BCUT2D eigenvalue weighted by Crippen LogP contribution is -2.49. The molecule has 3 heterocycles. The van der Waals surface area contributed by atoms with E-state index < -0.39 is 6.04 Å². The maximum absolute atomic E-state index is 14.3. The van der Waals surface area contributed by atoms with Crippen molar-refractivity contribution in [3.05, 3.63) is 120 Å². The Labute approximate surface area is 360 Å². The van der Waals surface area contributed by atoms with Gasteiger partial charge < -0.3 is 25.4 Å². The van der Waals surface area contributed by atoms with Gasteiger partial charge in [0.05, 0.1) is 12.5 Å². The lowest BCUT2D eigenvalue weighted by Gasteiger charge is -2.37. The zero-order valence-electron chi connectivity index (χ0n) is 35.5. The van der Waals surface area contributed by atoms with Crippen LogP contribution in [-0.4, -0.2) is 82.1 Å². The summed E-state index contributed by atoms with van der Waals surface area (Å²) in [5, 5.41) is 7.10. The first kappa shape index (κ1) is 42.0. The van der Waals surface area contributed by atoms with E-state index in [0.717, 1.165) is 97.7 Å². The molecule has 61 heavy (non-hydrogen) atoms. The van der Waals surface area contributed by atoms with Gasteiger partial charge in [0.2, 0.25) is 23.6 Å². The minimum Gasteiger partial charge on any atom is -0.355 e. The summed E-state index contributed by atoms with van der Waals surface area (Å²) in [6.07, 6.45) is 11.1. The number of fused-ring (bicyclic) bond motifs is 1. The Morgan fingerprint density at radius 2 is 1.38 bits per heavy atom. The second-order valence-electron chi connectivity index (χ2n) is 17.2. The molecular formula is C51H60N6O4. The lowest BCUT2D eigenvalue weighted by molar-refractivity contribution is -0.142. The van der Waals surface area contributed by atoms with Gasteiger partial charge in [-0.25, -0.2) is 0 Å². The Morgan fingerprint density at radius 3 is 2.08 bits per heavy atom. The zero-order valence-corrected chi connectivity index (χ0v) is 35.5. The fourth-order valence-electron chi connectivity index (χ4n) is 9.96. The van der Waals surface area contributed by atoms with Crippen LogP contribution in [-0.2, 0) is 19.2 Å². The van der Waals surface area contributed by atoms with Crippen LogP contribution in [0.4, 0.5) is 11.4 Å². The second-order valence-corrected chi connectivity index (χ2v) is 17.2. The number of piperidine rings is 1. The van der Waals surface area contributed by atoms with Crippen molar-refractivity contribution in [2.24, 2.45) is 5.92 Å². The van der Waals surface area contributed by atoms with Crippen LogP contribution in [0.1, 0.15) is 101 Å². The number of hydrogen-bond donors (Lipinski definition) is 3. The summed E-state index contributed by atoms with van der Waals surface area (Å²) in [5.41, 5.74) is 6.15. The fraction of sp³-hybridized carbons (Fsp3) is 0.412. The molecule has 8 rings (SSSR count). The highest BCUT2D eigenvalue weighted by molar-refractivity contribution is 6.00. The van der Waals surface area contributed by atoms with Crippen LogP contribution in [0.5, 0.6) is 0 Å². The molecule has 3 unspecified atom stereocenters. The van der Waals surface area contributed by atoms with E-state index in [9.17, 15) is 19.2 Å². The van der Waals surface area contributed by atoms with Gasteiger partial charge in [0.15, 0.2) is 0 Å². The van der Waals surface area contributed by atoms with E-state index >= 15 is 0 Å². The monoisotopic (exact) mass is 820 g/mol. The molecule has 1 aromatic heterocycles. The van der Waals surface area contributed by atoms with Gasteiger partial charge in [0.25, 0.3) is 0 Å². The highest BCUT2D eigenvalue weighted by Gasteiger charge is 2.40. The van der Waals surface area contributed by atoms with Crippen LogP contribution in [0.15, 0.2) is 109 Å². The fourth-order valence-corrected chi connectivity index (χ4v) is 9.96. The molecule has 4 amide bonds. The Hall–Kier alpha value is -5.74. The number of amides is 4. The molecule has 0 radical (unpaired) electrons. The van der Waals surface area contributed by atoms with E-state index in [1.807, 2.05) is 97.9 Å². The van der Waals surface area contributed by atoms with Crippen molar-refractivity contribution in [3.8, 4) is 11.3 Å². The van der Waals surface area contributed by atoms with Crippen LogP contribution in [0.25, 0.3) is 22.2 Å². The summed E-state index contributed by atoms with van der Waals surface area (Å²) < 4.78 is 0. The summed E-state index contributed by atoms with van der Waals surface area (Å²) >= 11 is 0. The first-order valence-electron chi connectivity index (χ1n) is 22.6. The number of aromatic nitrogens is 1. The van der Waals surface area contributed by atoms with Crippen LogP contribution in [0, 0.1) is 5.92 Å². The zero-order chi connectivity index (χ0) is 42.1. The number of rotatable bonds is 14. The SMILES string of the molecule is CCCN(CC(=O)Nc1ccc(-c2cc3cc(NC(=O)C4CCCN4C(=O)C(c4ccccc4)N4CCCCC4)ccc3[nH]2)cc1)C(=O)C(c1ccccc1)C1CCCCC1. The molecule has 3 N–H and O–H groups in total. The minimum atomic E-state index is -0.525. The van der Waals surface area contributed by atoms with E-state index in [0.29, 0.717) is 30.9 Å². The molecule has 5 aromatic rings. The molecule has 0 spiro atoms. The molecular weight excluding hydrogens is 761 g/mol. The van der Waals surface area contributed by atoms with Crippen molar-refractivity contribution in [3.63, 3.8) is 0 Å². The molecule has 0 bridgehead atoms. The van der Waals surface area contributed by atoms with Crippen LogP contribution < -0.4 is 10.6 Å².